The highest BCUT2D eigenvalue weighted by molar-refractivity contribution is 5.14. The molecule has 0 aromatic carbocycles. The van der Waals surface area contributed by atoms with Crippen molar-refractivity contribution in [2.45, 2.75) is 6.04 Å². The normalized spacial score (nSPS) is 34.0. The lowest BCUT2D eigenvalue weighted by molar-refractivity contribution is 0.0718. The van der Waals surface area contributed by atoms with Crippen LogP contribution in [0.1, 0.15) is 0 Å². The SMILES string of the molecule is C1=C2CONC2CO1. The number of hydroxylamine groups is 1. The van der Waals surface area contributed by atoms with Gasteiger partial charge in [0, 0.05) is 5.57 Å². The molecule has 2 rings (SSSR count). The van der Waals surface area contributed by atoms with Crippen LogP contribution in [-0.4, -0.2) is 19.3 Å². The third kappa shape index (κ3) is 0.454. The van der Waals surface area contributed by atoms with Crippen LogP contribution in [0.3, 0.4) is 0 Å². The molecule has 2 aliphatic heterocycles. The predicted molar refractivity (Wildman–Crippen MR) is 26.9 cm³/mol. The highest BCUT2D eigenvalue weighted by Gasteiger charge is 2.25. The zero-order valence-electron chi connectivity index (χ0n) is 4.39. The Morgan fingerprint density at radius 1 is 1.75 bits per heavy atom. The molecular weight excluding hydrogens is 106 g/mol. The van der Waals surface area contributed by atoms with E-state index >= 15 is 0 Å². The molecule has 0 amide bonds. The van der Waals surface area contributed by atoms with Crippen molar-refractivity contribution in [2.24, 2.45) is 0 Å². The van der Waals surface area contributed by atoms with Gasteiger partial charge in [-0.05, 0) is 0 Å². The fourth-order valence-corrected chi connectivity index (χ4v) is 0.910. The molecular formula is C5H7NO2. The zero-order chi connectivity index (χ0) is 5.40. The molecule has 0 spiro atoms. The fraction of sp³-hybridized carbons (Fsp3) is 0.600. The highest BCUT2D eigenvalue weighted by Crippen LogP contribution is 2.15. The van der Waals surface area contributed by atoms with Crippen LogP contribution >= 0.6 is 0 Å². The maximum Gasteiger partial charge on any atom is 0.109 e. The fourth-order valence-electron chi connectivity index (χ4n) is 0.910. The summed E-state index contributed by atoms with van der Waals surface area (Å²) in [6.45, 7) is 1.42. The summed E-state index contributed by atoms with van der Waals surface area (Å²) in [5.74, 6) is 0. The van der Waals surface area contributed by atoms with Gasteiger partial charge in [0.25, 0.3) is 0 Å². The number of ether oxygens (including phenoxy) is 1. The molecule has 0 aromatic heterocycles. The van der Waals surface area contributed by atoms with Gasteiger partial charge in [0.1, 0.15) is 6.61 Å². The molecule has 1 N–H and O–H groups in total. The van der Waals surface area contributed by atoms with Gasteiger partial charge >= 0.3 is 0 Å². The van der Waals surface area contributed by atoms with Crippen molar-refractivity contribution in [3.05, 3.63) is 11.8 Å². The smallest absolute Gasteiger partial charge is 0.109 e. The minimum atomic E-state index is 0.343. The highest BCUT2D eigenvalue weighted by atomic mass is 16.7. The number of hydrogen-bond donors (Lipinski definition) is 1. The Balaban J connectivity index is 2.20. The topological polar surface area (TPSA) is 30.5 Å². The van der Waals surface area contributed by atoms with E-state index in [1.54, 1.807) is 6.26 Å². The van der Waals surface area contributed by atoms with Crippen LogP contribution in [0.15, 0.2) is 11.8 Å². The second-order valence-electron chi connectivity index (χ2n) is 1.99. The molecule has 0 aliphatic carbocycles. The van der Waals surface area contributed by atoms with Crippen molar-refractivity contribution >= 4 is 0 Å². The van der Waals surface area contributed by atoms with Crippen molar-refractivity contribution in [2.75, 3.05) is 13.2 Å². The summed E-state index contributed by atoms with van der Waals surface area (Å²) in [6, 6.07) is 0.343. The first-order valence-corrected chi connectivity index (χ1v) is 2.65. The molecule has 1 atom stereocenters. The molecule has 1 saturated heterocycles. The Morgan fingerprint density at radius 3 is 3.62 bits per heavy atom. The summed E-state index contributed by atoms with van der Waals surface area (Å²) in [7, 11) is 0. The quantitative estimate of drug-likeness (QED) is 0.472. The van der Waals surface area contributed by atoms with Crippen LogP contribution < -0.4 is 5.48 Å². The molecule has 1 unspecified atom stereocenters. The summed E-state index contributed by atoms with van der Waals surface area (Å²) in [4.78, 5) is 4.91. The molecule has 44 valence electrons. The van der Waals surface area contributed by atoms with Gasteiger partial charge in [-0.1, -0.05) is 0 Å². The molecule has 2 aliphatic rings. The number of fused-ring (bicyclic) bond motifs is 1. The summed E-state index contributed by atoms with van der Waals surface area (Å²) in [6.07, 6.45) is 1.77. The number of hydrogen-bond acceptors (Lipinski definition) is 3. The van der Waals surface area contributed by atoms with Crippen LogP contribution in [0.2, 0.25) is 0 Å². The molecule has 0 aromatic rings. The van der Waals surface area contributed by atoms with Gasteiger partial charge < -0.3 is 4.74 Å². The Labute approximate surface area is 47.2 Å². The van der Waals surface area contributed by atoms with Gasteiger partial charge in [-0.15, -0.1) is 0 Å². The number of rotatable bonds is 0. The van der Waals surface area contributed by atoms with Crippen molar-refractivity contribution in [3.8, 4) is 0 Å². The lowest BCUT2D eigenvalue weighted by Gasteiger charge is -1.98. The van der Waals surface area contributed by atoms with Crippen LogP contribution in [0.5, 0.6) is 0 Å². The summed E-state index contributed by atoms with van der Waals surface area (Å²) < 4.78 is 5.01. The van der Waals surface area contributed by atoms with Gasteiger partial charge in [0.15, 0.2) is 0 Å². The van der Waals surface area contributed by atoms with E-state index in [0.717, 1.165) is 6.61 Å². The molecule has 0 saturated carbocycles. The van der Waals surface area contributed by atoms with E-state index in [-0.39, 0.29) is 0 Å². The van der Waals surface area contributed by atoms with Crippen LogP contribution in [0.4, 0.5) is 0 Å². The minimum Gasteiger partial charge on any atom is -0.499 e. The van der Waals surface area contributed by atoms with E-state index in [4.69, 9.17) is 9.57 Å². The van der Waals surface area contributed by atoms with Gasteiger partial charge in [0.05, 0.1) is 18.9 Å². The molecule has 0 radical (unpaired) electrons. The van der Waals surface area contributed by atoms with Crippen molar-refractivity contribution in [1.82, 2.24) is 5.48 Å². The lowest BCUT2D eigenvalue weighted by atomic mass is 10.2. The predicted octanol–water partition coefficient (Wildman–Crippen LogP) is -0.196. The van der Waals surface area contributed by atoms with Gasteiger partial charge in [-0.3, -0.25) is 4.84 Å². The molecule has 0 bridgehead atoms. The molecule has 3 nitrogen and oxygen atoms in total. The van der Waals surface area contributed by atoms with E-state index in [1.165, 1.54) is 5.57 Å². The van der Waals surface area contributed by atoms with E-state index in [0.29, 0.717) is 12.6 Å². The Bertz CT molecular complexity index is 132. The van der Waals surface area contributed by atoms with Gasteiger partial charge in [-0.25, -0.2) is 0 Å². The Morgan fingerprint density at radius 2 is 2.75 bits per heavy atom. The van der Waals surface area contributed by atoms with Gasteiger partial charge in [0.2, 0.25) is 0 Å². The minimum absolute atomic E-state index is 0.343. The third-order valence-corrected chi connectivity index (χ3v) is 1.41. The first-order chi connectivity index (χ1) is 3.97. The van der Waals surface area contributed by atoms with Crippen molar-refractivity contribution in [3.63, 3.8) is 0 Å². The zero-order valence-corrected chi connectivity index (χ0v) is 4.39. The van der Waals surface area contributed by atoms with E-state index in [9.17, 15) is 0 Å². The molecule has 1 fully saturated rings. The summed E-state index contributed by atoms with van der Waals surface area (Å²) in [5, 5.41) is 0. The molecule has 3 heteroatoms. The van der Waals surface area contributed by atoms with Gasteiger partial charge in [-0.2, -0.15) is 5.48 Å². The average molecular weight is 113 g/mol. The molecule has 8 heavy (non-hydrogen) atoms. The van der Waals surface area contributed by atoms with E-state index in [2.05, 4.69) is 5.48 Å². The Hall–Kier alpha value is -0.540. The maximum absolute atomic E-state index is 5.01. The van der Waals surface area contributed by atoms with Crippen LogP contribution in [0.25, 0.3) is 0 Å². The second-order valence-corrected chi connectivity index (χ2v) is 1.99. The number of nitrogens with one attached hydrogen (secondary N) is 1. The molecule has 2 heterocycles. The van der Waals surface area contributed by atoms with Crippen LogP contribution in [0, 0.1) is 0 Å². The first-order valence-electron chi connectivity index (χ1n) is 2.65. The second kappa shape index (κ2) is 1.47. The van der Waals surface area contributed by atoms with E-state index in [1.807, 2.05) is 0 Å². The summed E-state index contributed by atoms with van der Waals surface area (Å²) in [5.41, 5.74) is 4.05. The lowest BCUT2D eigenvalue weighted by Crippen LogP contribution is -2.22. The van der Waals surface area contributed by atoms with Crippen LogP contribution in [-0.2, 0) is 9.57 Å². The largest absolute Gasteiger partial charge is 0.499 e. The monoisotopic (exact) mass is 113 g/mol. The third-order valence-electron chi connectivity index (χ3n) is 1.41. The summed E-state index contributed by atoms with van der Waals surface area (Å²) >= 11 is 0. The first kappa shape index (κ1) is 4.35. The maximum atomic E-state index is 5.01. The van der Waals surface area contributed by atoms with E-state index < -0.39 is 0 Å². The average Bonchev–Trinajstić information content (AvgIpc) is 2.15. The Kier molecular flexibility index (Phi) is 0.797. The standard InChI is InChI=1S/C5H7NO2/c1-4-2-8-6-5(4)3-7-1/h1,5-6H,2-3H2. The van der Waals surface area contributed by atoms with Crippen molar-refractivity contribution < 1.29 is 9.57 Å². The van der Waals surface area contributed by atoms with Crippen molar-refractivity contribution in [1.29, 1.82) is 0 Å².